The molecule has 4 aliphatic carbocycles. The van der Waals surface area contributed by atoms with Crippen molar-refractivity contribution in [2.24, 2.45) is 29.6 Å². The highest BCUT2D eigenvalue weighted by molar-refractivity contribution is 5.46. The van der Waals surface area contributed by atoms with Crippen LogP contribution in [0.5, 0.6) is 0 Å². The van der Waals surface area contributed by atoms with E-state index in [0.29, 0.717) is 11.9 Å². The van der Waals surface area contributed by atoms with E-state index in [1.165, 1.54) is 32.1 Å². The van der Waals surface area contributed by atoms with E-state index >= 15 is 0 Å². The maximum atomic E-state index is 5.66. The van der Waals surface area contributed by atoms with E-state index in [-0.39, 0.29) is 0 Å². The summed E-state index contributed by atoms with van der Waals surface area (Å²) in [7, 11) is 0. The van der Waals surface area contributed by atoms with Gasteiger partial charge in [-0.15, -0.1) is 0 Å². The van der Waals surface area contributed by atoms with E-state index in [1.807, 2.05) is 12.3 Å². The van der Waals surface area contributed by atoms with Crippen molar-refractivity contribution in [2.45, 2.75) is 45.1 Å². The van der Waals surface area contributed by atoms with Crippen LogP contribution in [-0.2, 0) is 0 Å². The lowest BCUT2D eigenvalue weighted by atomic mass is 9.50. The van der Waals surface area contributed by atoms with Gasteiger partial charge in [0.2, 0.25) is 0 Å². The standard InChI is InChI=1S/C17H25N3/c1-10(20-15-2-3-16(18)19-9-15)17-13-5-11-4-12(7-13)8-14(17)6-11/h2-3,9-14,17,20H,4-8H2,1H3,(H2,18,19). The second-order valence-corrected chi connectivity index (χ2v) is 7.41. The van der Waals surface area contributed by atoms with Gasteiger partial charge in [-0.1, -0.05) is 0 Å². The van der Waals surface area contributed by atoms with Crippen LogP contribution in [0.15, 0.2) is 18.3 Å². The summed E-state index contributed by atoms with van der Waals surface area (Å²) in [4.78, 5) is 4.18. The number of anilines is 2. The van der Waals surface area contributed by atoms with Crippen molar-refractivity contribution in [1.82, 2.24) is 4.98 Å². The molecule has 1 aromatic heterocycles. The van der Waals surface area contributed by atoms with Gasteiger partial charge in [-0.25, -0.2) is 4.98 Å². The summed E-state index contributed by atoms with van der Waals surface area (Å²) in [5.74, 6) is 5.50. The summed E-state index contributed by atoms with van der Waals surface area (Å²) < 4.78 is 0. The van der Waals surface area contributed by atoms with Gasteiger partial charge in [0, 0.05) is 6.04 Å². The fourth-order valence-electron chi connectivity index (χ4n) is 5.63. The lowest BCUT2D eigenvalue weighted by molar-refractivity contribution is -0.0417. The largest absolute Gasteiger partial charge is 0.384 e. The Balaban J connectivity index is 1.48. The van der Waals surface area contributed by atoms with Crippen LogP contribution in [0.25, 0.3) is 0 Å². The highest BCUT2D eigenvalue weighted by atomic mass is 14.9. The normalized spacial score (nSPS) is 39.8. The van der Waals surface area contributed by atoms with Gasteiger partial charge in [-0.2, -0.15) is 0 Å². The molecule has 1 atom stereocenters. The van der Waals surface area contributed by atoms with Crippen LogP contribution in [0, 0.1) is 29.6 Å². The Kier molecular flexibility index (Phi) is 2.90. The second-order valence-electron chi connectivity index (χ2n) is 7.41. The van der Waals surface area contributed by atoms with Crippen molar-refractivity contribution >= 4 is 11.5 Å². The molecule has 0 saturated heterocycles. The molecule has 20 heavy (non-hydrogen) atoms. The number of nitrogen functional groups attached to an aromatic ring is 1. The van der Waals surface area contributed by atoms with Crippen LogP contribution < -0.4 is 11.1 Å². The van der Waals surface area contributed by atoms with Gasteiger partial charge in [0.1, 0.15) is 5.82 Å². The molecule has 3 heteroatoms. The predicted octanol–water partition coefficient (Wildman–Crippen LogP) is 3.54. The van der Waals surface area contributed by atoms with Gasteiger partial charge in [0.05, 0.1) is 11.9 Å². The quantitative estimate of drug-likeness (QED) is 0.884. The maximum Gasteiger partial charge on any atom is 0.123 e. The molecule has 5 rings (SSSR count). The Hall–Kier alpha value is -1.25. The van der Waals surface area contributed by atoms with Crippen molar-refractivity contribution in [3.8, 4) is 0 Å². The van der Waals surface area contributed by atoms with Crippen molar-refractivity contribution in [1.29, 1.82) is 0 Å². The highest BCUT2D eigenvalue weighted by Crippen LogP contribution is 2.57. The van der Waals surface area contributed by atoms with E-state index < -0.39 is 0 Å². The number of nitrogens with one attached hydrogen (secondary N) is 1. The van der Waals surface area contributed by atoms with E-state index in [9.17, 15) is 0 Å². The Labute approximate surface area is 121 Å². The smallest absolute Gasteiger partial charge is 0.123 e. The molecule has 1 heterocycles. The SMILES string of the molecule is CC(Nc1ccc(N)nc1)C1C2CC3CC(C2)CC1C3. The van der Waals surface area contributed by atoms with Gasteiger partial charge < -0.3 is 11.1 Å². The summed E-state index contributed by atoms with van der Waals surface area (Å²) in [6.07, 6.45) is 9.35. The number of nitrogens with zero attached hydrogens (tertiary/aromatic N) is 1. The van der Waals surface area contributed by atoms with Crippen molar-refractivity contribution < 1.29 is 0 Å². The molecule has 4 aliphatic rings. The summed E-state index contributed by atoms with van der Waals surface area (Å²) in [5, 5.41) is 3.68. The number of nitrogens with two attached hydrogens (primary N) is 1. The first-order chi connectivity index (χ1) is 9.69. The predicted molar refractivity (Wildman–Crippen MR) is 82.3 cm³/mol. The van der Waals surface area contributed by atoms with Crippen LogP contribution in [0.2, 0.25) is 0 Å². The number of hydrogen-bond acceptors (Lipinski definition) is 3. The molecule has 108 valence electrons. The van der Waals surface area contributed by atoms with Gasteiger partial charge in [-0.05, 0) is 80.8 Å². The third-order valence-corrected chi connectivity index (χ3v) is 6.06. The van der Waals surface area contributed by atoms with Crippen LogP contribution >= 0.6 is 0 Å². The number of hydrogen-bond donors (Lipinski definition) is 2. The first-order valence-electron chi connectivity index (χ1n) is 8.17. The summed E-state index contributed by atoms with van der Waals surface area (Å²) in [5.41, 5.74) is 6.77. The minimum absolute atomic E-state index is 0.551. The molecule has 4 fully saturated rings. The fraction of sp³-hybridized carbons (Fsp3) is 0.706. The summed E-state index contributed by atoms with van der Waals surface area (Å²) >= 11 is 0. The molecule has 4 saturated carbocycles. The van der Waals surface area contributed by atoms with Crippen LogP contribution in [0.1, 0.15) is 39.0 Å². The van der Waals surface area contributed by atoms with Crippen molar-refractivity contribution in [2.75, 3.05) is 11.1 Å². The summed E-state index contributed by atoms with van der Waals surface area (Å²) in [6.45, 7) is 2.36. The van der Waals surface area contributed by atoms with Gasteiger partial charge in [0.15, 0.2) is 0 Å². The van der Waals surface area contributed by atoms with E-state index in [4.69, 9.17) is 5.73 Å². The summed E-state index contributed by atoms with van der Waals surface area (Å²) in [6, 6.07) is 4.48. The average Bonchev–Trinajstić information content (AvgIpc) is 2.40. The van der Waals surface area contributed by atoms with Crippen LogP contribution in [-0.4, -0.2) is 11.0 Å². The van der Waals surface area contributed by atoms with E-state index in [1.54, 1.807) is 0 Å². The first-order valence-corrected chi connectivity index (χ1v) is 8.17. The molecule has 0 radical (unpaired) electrons. The second kappa shape index (κ2) is 4.64. The molecule has 0 spiro atoms. The van der Waals surface area contributed by atoms with Crippen LogP contribution in [0.4, 0.5) is 11.5 Å². The van der Waals surface area contributed by atoms with Crippen LogP contribution in [0.3, 0.4) is 0 Å². The van der Waals surface area contributed by atoms with E-state index in [2.05, 4.69) is 23.3 Å². The molecule has 1 aromatic rings. The zero-order valence-corrected chi connectivity index (χ0v) is 12.3. The monoisotopic (exact) mass is 271 g/mol. The number of pyridine rings is 1. The molecular formula is C17H25N3. The molecule has 0 amide bonds. The van der Waals surface area contributed by atoms with Crippen molar-refractivity contribution in [3.05, 3.63) is 18.3 Å². The van der Waals surface area contributed by atoms with Gasteiger partial charge >= 0.3 is 0 Å². The van der Waals surface area contributed by atoms with Gasteiger partial charge in [-0.3, -0.25) is 0 Å². The first kappa shape index (κ1) is 12.5. The zero-order valence-electron chi connectivity index (χ0n) is 12.3. The lowest BCUT2D eigenvalue weighted by Crippen LogP contribution is -2.50. The Bertz CT molecular complexity index is 454. The molecule has 4 bridgehead atoms. The Morgan fingerprint density at radius 1 is 1.10 bits per heavy atom. The van der Waals surface area contributed by atoms with Crippen molar-refractivity contribution in [3.63, 3.8) is 0 Å². The lowest BCUT2D eigenvalue weighted by Gasteiger charge is -2.56. The molecule has 3 N–H and O–H groups in total. The molecular weight excluding hydrogens is 246 g/mol. The molecule has 0 aromatic carbocycles. The average molecular weight is 271 g/mol. The molecule has 3 nitrogen and oxygen atoms in total. The Morgan fingerprint density at radius 3 is 2.30 bits per heavy atom. The minimum Gasteiger partial charge on any atom is -0.384 e. The highest BCUT2D eigenvalue weighted by Gasteiger charge is 2.49. The number of aromatic nitrogens is 1. The third kappa shape index (κ3) is 2.07. The Morgan fingerprint density at radius 2 is 1.75 bits per heavy atom. The molecule has 1 unspecified atom stereocenters. The maximum absolute atomic E-state index is 5.66. The number of rotatable bonds is 3. The molecule has 0 aliphatic heterocycles. The van der Waals surface area contributed by atoms with E-state index in [0.717, 1.165) is 35.3 Å². The fourth-order valence-corrected chi connectivity index (χ4v) is 5.63. The third-order valence-electron chi connectivity index (χ3n) is 6.06. The topological polar surface area (TPSA) is 50.9 Å². The minimum atomic E-state index is 0.551. The van der Waals surface area contributed by atoms with Gasteiger partial charge in [0.25, 0.3) is 0 Å². The zero-order chi connectivity index (χ0) is 13.7.